The first kappa shape index (κ1) is 17.1. The topological polar surface area (TPSA) is 62.3 Å². The lowest BCUT2D eigenvalue weighted by molar-refractivity contribution is 0.0913. The summed E-state index contributed by atoms with van der Waals surface area (Å²) in [7, 11) is 1.57. The maximum Gasteiger partial charge on any atom is 0.271 e. The van der Waals surface area contributed by atoms with Crippen LogP contribution in [-0.4, -0.2) is 29.4 Å². The zero-order valence-electron chi connectivity index (χ0n) is 13.4. The van der Waals surface area contributed by atoms with Gasteiger partial charge in [0.25, 0.3) is 11.8 Å². The molecule has 0 unspecified atom stereocenters. The molecule has 0 aliphatic heterocycles. The first-order chi connectivity index (χ1) is 10.7. The second kappa shape index (κ2) is 6.45. The highest BCUT2D eigenvalue weighted by Crippen LogP contribution is 2.21. The van der Waals surface area contributed by atoms with E-state index in [0.717, 1.165) is 0 Å². The molecule has 0 saturated carbocycles. The van der Waals surface area contributed by atoms with E-state index in [2.05, 4.69) is 10.3 Å². The van der Waals surface area contributed by atoms with E-state index < -0.39 is 5.82 Å². The summed E-state index contributed by atoms with van der Waals surface area (Å²) >= 11 is 1.20. The molecule has 1 aromatic carbocycles. The zero-order valence-corrected chi connectivity index (χ0v) is 14.2. The molecule has 2 amide bonds. The molecule has 1 N–H and O–H groups in total. The summed E-state index contributed by atoms with van der Waals surface area (Å²) in [5.41, 5.74) is 0.250. The molecule has 0 atom stereocenters. The summed E-state index contributed by atoms with van der Waals surface area (Å²) in [5.74, 6) is -1.01. The van der Waals surface area contributed by atoms with Crippen LogP contribution in [0.1, 0.15) is 41.6 Å². The van der Waals surface area contributed by atoms with Crippen molar-refractivity contribution in [2.24, 2.45) is 0 Å². The normalized spacial score (nSPS) is 11.2. The molecule has 2 rings (SSSR count). The van der Waals surface area contributed by atoms with Crippen molar-refractivity contribution in [3.8, 4) is 0 Å². The summed E-state index contributed by atoms with van der Waals surface area (Å²) in [5, 5.41) is 4.82. The second-order valence-electron chi connectivity index (χ2n) is 6.09. The van der Waals surface area contributed by atoms with Gasteiger partial charge in [0, 0.05) is 23.5 Å². The molecule has 0 spiro atoms. The van der Waals surface area contributed by atoms with Gasteiger partial charge in [-0.2, -0.15) is 0 Å². The number of benzene rings is 1. The van der Waals surface area contributed by atoms with Crippen LogP contribution < -0.4 is 10.2 Å². The molecule has 0 fully saturated rings. The number of carbonyl (C=O) groups excluding carboxylic acids is 2. The van der Waals surface area contributed by atoms with Gasteiger partial charge in [0.1, 0.15) is 11.5 Å². The summed E-state index contributed by atoms with van der Waals surface area (Å²) in [6.45, 7) is 5.63. The van der Waals surface area contributed by atoms with Crippen molar-refractivity contribution in [1.82, 2.24) is 10.3 Å². The van der Waals surface area contributed by atoms with Gasteiger partial charge in [-0.1, -0.05) is 0 Å². The van der Waals surface area contributed by atoms with E-state index in [1.807, 2.05) is 20.8 Å². The minimum atomic E-state index is -0.403. The van der Waals surface area contributed by atoms with Gasteiger partial charge in [0.05, 0.1) is 0 Å². The fourth-order valence-electron chi connectivity index (χ4n) is 1.80. The van der Waals surface area contributed by atoms with Crippen molar-refractivity contribution >= 4 is 28.3 Å². The van der Waals surface area contributed by atoms with Gasteiger partial charge in [0.2, 0.25) is 0 Å². The molecule has 0 radical (unpaired) electrons. The van der Waals surface area contributed by atoms with Crippen LogP contribution in [0.4, 0.5) is 9.52 Å². The van der Waals surface area contributed by atoms with Crippen LogP contribution in [0.25, 0.3) is 0 Å². The van der Waals surface area contributed by atoms with Gasteiger partial charge in [-0.25, -0.2) is 9.37 Å². The molecule has 0 saturated heterocycles. The van der Waals surface area contributed by atoms with E-state index >= 15 is 0 Å². The highest BCUT2D eigenvalue weighted by molar-refractivity contribution is 7.14. The molecular formula is C16H18FN3O2S. The number of carbonyl (C=O) groups is 2. The third-order valence-electron chi connectivity index (χ3n) is 2.90. The Labute approximate surface area is 138 Å². The fourth-order valence-corrected chi connectivity index (χ4v) is 2.57. The number of amides is 2. The van der Waals surface area contributed by atoms with Gasteiger partial charge >= 0.3 is 0 Å². The standard InChI is InChI=1S/C16H18FN3O2S/c1-16(2,3)19-13(21)12-9-23-15(18-12)20(4)14(22)10-5-7-11(17)8-6-10/h5-9H,1-4H3,(H,19,21). The Morgan fingerprint density at radius 3 is 2.39 bits per heavy atom. The van der Waals surface area contributed by atoms with E-state index in [1.54, 1.807) is 12.4 Å². The van der Waals surface area contributed by atoms with E-state index in [9.17, 15) is 14.0 Å². The lowest BCUT2D eigenvalue weighted by atomic mass is 10.1. The summed E-state index contributed by atoms with van der Waals surface area (Å²) in [4.78, 5) is 29.9. The number of aromatic nitrogens is 1. The van der Waals surface area contributed by atoms with Gasteiger partial charge < -0.3 is 5.32 Å². The predicted molar refractivity (Wildman–Crippen MR) is 88.5 cm³/mol. The second-order valence-corrected chi connectivity index (χ2v) is 6.93. The van der Waals surface area contributed by atoms with Gasteiger partial charge in [-0.15, -0.1) is 11.3 Å². The van der Waals surface area contributed by atoms with Crippen LogP contribution in [0.15, 0.2) is 29.6 Å². The van der Waals surface area contributed by atoms with Crippen molar-refractivity contribution in [3.63, 3.8) is 0 Å². The van der Waals surface area contributed by atoms with Gasteiger partial charge in [-0.3, -0.25) is 14.5 Å². The predicted octanol–water partition coefficient (Wildman–Crippen LogP) is 3.09. The van der Waals surface area contributed by atoms with Crippen molar-refractivity contribution in [2.45, 2.75) is 26.3 Å². The third-order valence-corrected chi connectivity index (χ3v) is 3.81. The van der Waals surface area contributed by atoms with Crippen molar-refractivity contribution < 1.29 is 14.0 Å². The maximum atomic E-state index is 12.9. The van der Waals surface area contributed by atoms with Crippen molar-refractivity contribution in [1.29, 1.82) is 0 Å². The average molecular weight is 335 g/mol. The number of rotatable bonds is 3. The summed E-state index contributed by atoms with van der Waals surface area (Å²) in [6, 6.07) is 5.28. The average Bonchev–Trinajstić information content (AvgIpc) is 2.94. The number of hydrogen-bond acceptors (Lipinski definition) is 4. The number of hydrogen-bond donors (Lipinski definition) is 1. The van der Waals surface area contributed by atoms with Gasteiger partial charge in [0.15, 0.2) is 5.13 Å². The molecule has 5 nitrogen and oxygen atoms in total. The van der Waals surface area contributed by atoms with Crippen LogP contribution in [-0.2, 0) is 0 Å². The Morgan fingerprint density at radius 1 is 1.22 bits per heavy atom. The number of thiazole rings is 1. The molecule has 1 aromatic heterocycles. The smallest absolute Gasteiger partial charge is 0.271 e. The largest absolute Gasteiger partial charge is 0.346 e. The first-order valence-electron chi connectivity index (χ1n) is 6.99. The van der Waals surface area contributed by atoms with Gasteiger partial charge in [-0.05, 0) is 45.0 Å². The Hall–Kier alpha value is -2.28. The van der Waals surface area contributed by atoms with E-state index in [0.29, 0.717) is 10.7 Å². The first-order valence-corrected chi connectivity index (χ1v) is 7.87. The Balaban J connectivity index is 2.14. The molecule has 0 bridgehead atoms. The number of anilines is 1. The van der Waals surface area contributed by atoms with Crippen molar-refractivity contribution in [3.05, 3.63) is 46.7 Å². The van der Waals surface area contributed by atoms with Crippen LogP contribution in [0.3, 0.4) is 0 Å². The maximum absolute atomic E-state index is 12.9. The Morgan fingerprint density at radius 2 is 1.83 bits per heavy atom. The molecule has 0 aliphatic rings. The third kappa shape index (κ3) is 4.35. The summed E-state index contributed by atoms with van der Waals surface area (Å²) < 4.78 is 12.9. The number of nitrogens with zero attached hydrogens (tertiary/aromatic N) is 2. The molecule has 0 aliphatic carbocycles. The lowest BCUT2D eigenvalue weighted by Gasteiger charge is -2.19. The molecular weight excluding hydrogens is 317 g/mol. The van der Waals surface area contributed by atoms with E-state index in [4.69, 9.17) is 0 Å². The summed E-state index contributed by atoms with van der Waals surface area (Å²) in [6.07, 6.45) is 0. The van der Waals surface area contributed by atoms with E-state index in [-0.39, 0.29) is 23.0 Å². The molecule has 1 heterocycles. The molecule has 23 heavy (non-hydrogen) atoms. The zero-order chi connectivity index (χ0) is 17.2. The number of nitrogens with one attached hydrogen (secondary N) is 1. The fraction of sp³-hybridized carbons (Fsp3) is 0.312. The van der Waals surface area contributed by atoms with Crippen molar-refractivity contribution in [2.75, 3.05) is 11.9 Å². The highest BCUT2D eigenvalue weighted by atomic mass is 32.1. The molecule has 2 aromatic rings. The van der Waals surface area contributed by atoms with Crippen LogP contribution in [0.5, 0.6) is 0 Å². The lowest BCUT2D eigenvalue weighted by Crippen LogP contribution is -2.40. The monoisotopic (exact) mass is 335 g/mol. The SMILES string of the molecule is CN(C(=O)c1ccc(F)cc1)c1nc(C(=O)NC(C)(C)C)cs1. The minimum Gasteiger partial charge on any atom is -0.346 e. The van der Waals surface area contributed by atoms with E-state index in [1.165, 1.54) is 40.5 Å². The van der Waals surface area contributed by atoms with Crippen LogP contribution >= 0.6 is 11.3 Å². The minimum absolute atomic E-state index is 0.263. The highest BCUT2D eigenvalue weighted by Gasteiger charge is 2.21. The Kier molecular flexibility index (Phi) is 4.79. The van der Waals surface area contributed by atoms with Crippen LogP contribution in [0, 0.1) is 5.82 Å². The quantitative estimate of drug-likeness (QED) is 0.937. The Bertz CT molecular complexity index is 720. The number of halogens is 1. The molecule has 122 valence electrons. The van der Waals surface area contributed by atoms with Crippen LogP contribution in [0.2, 0.25) is 0 Å². The molecule has 7 heteroatoms.